The molecule has 0 fully saturated rings. The summed E-state index contributed by atoms with van der Waals surface area (Å²) in [5.41, 5.74) is 1.69. The smallest absolute Gasteiger partial charge is 0.262 e. The third-order valence-corrected chi connectivity index (χ3v) is 3.30. The zero-order valence-corrected chi connectivity index (χ0v) is 14.1. The van der Waals surface area contributed by atoms with Gasteiger partial charge in [0.2, 0.25) is 0 Å². The fraction of sp³-hybridized carbons (Fsp3) is 0.412. The van der Waals surface area contributed by atoms with Crippen LogP contribution in [0.2, 0.25) is 0 Å². The molecule has 0 unspecified atom stereocenters. The first-order valence-electron chi connectivity index (χ1n) is 7.34. The first kappa shape index (κ1) is 16.9. The Morgan fingerprint density at radius 3 is 2.61 bits per heavy atom. The van der Waals surface area contributed by atoms with E-state index in [2.05, 4.69) is 31.2 Å². The van der Waals surface area contributed by atoms with E-state index >= 15 is 0 Å². The summed E-state index contributed by atoms with van der Waals surface area (Å²) in [6, 6.07) is 7.37. The van der Waals surface area contributed by atoms with Crippen LogP contribution in [-0.4, -0.2) is 24.8 Å². The van der Waals surface area contributed by atoms with Gasteiger partial charge in [-0.3, -0.25) is 4.79 Å². The number of aromatic nitrogens is 1. The summed E-state index contributed by atoms with van der Waals surface area (Å²) in [4.78, 5) is 12.1. The molecule has 6 nitrogen and oxygen atoms in total. The molecule has 2 rings (SSSR count). The SMILES string of the molecule is COc1ccc(C(C)(C)C)cc1NC(=O)COc1cc(C)on1. The molecule has 0 aliphatic carbocycles. The van der Waals surface area contributed by atoms with Crippen LogP contribution >= 0.6 is 0 Å². The summed E-state index contributed by atoms with van der Waals surface area (Å²) in [6.07, 6.45) is 0. The number of nitrogens with one attached hydrogen (secondary N) is 1. The van der Waals surface area contributed by atoms with E-state index in [4.69, 9.17) is 14.0 Å². The van der Waals surface area contributed by atoms with Gasteiger partial charge < -0.3 is 19.3 Å². The zero-order chi connectivity index (χ0) is 17.0. The molecule has 2 aromatic rings. The quantitative estimate of drug-likeness (QED) is 0.915. The standard InChI is InChI=1S/C17H22N2O4/c1-11-8-16(19-23-11)22-10-15(20)18-13-9-12(17(2,3)4)6-7-14(13)21-5/h6-9H,10H2,1-5H3,(H,18,20). The summed E-state index contributed by atoms with van der Waals surface area (Å²) in [5, 5.41) is 6.48. The normalized spacial score (nSPS) is 11.2. The van der Waals surface area contributed by atoms with Gasteiger partial charge in [0.05, 0.1) is 12.8 Å². The number of rotatable bonds is 5. The van der Waals surface area contributed by atoms with E-state index in [0.29, 0.717) is 17.2 Å². The second kappa shape index (κ2) is 6.73. The Morgan fingerprint density at radius 1 is 1.30 bits per heavy atom. The van der Waals surface area contributed by atoms with Crippen LogP contribution in [0, 0.1) is 6.92 Å². The molecule has 23 heavy (non-hydrogen) atoms. The van der Waals surface area contributed by atoms with Gasteiger partial charge in [-0.2, -0.15) is 0 Å². The number of carbonyl (C=O) groups excluding carboxylic acids is 1. The molecule has 1 amide bonds. The minimum atomic E-state index is -0.296. The number of ether oxygens (including phenoxy) is 2. The van der Waals surface area contributed by atoms with Gasteiger partial charge >= 0.3 is 0 Å². The molecule has 6 heteroatoms. The van der Waals surface area contributed by atoms with Crippen LogP contribution in [0.1, 0.15) is 32.1 Å². The number of anilines is 1. The highest BCUT2D eigenvalue weighted by Crippen LogP contribution is 2.31. The number of benzene rings is 1. The number of carbonyl (C=O) groups is 1. The van der Waals surface area contributed by atoms with Crippen molar-refractivity contribution >= 4 is 11.6 Å². The average Bonchev–Trinajstić information content (AvgIpc) is 2.90. The fourth-order valence-corrected chi connectivity index (χ4v) is 2.01. The molecule has 0 aliphatic rings. The summed E-state index contributed by atoms with van der Waals surface area (Å²) in [6.45, 7) is 7.92. The molecular formula is C17H22N2O4. The summed E-state index contributed by atoms with van der Waals surface area (Å²) >= 11 is 0. The molecule has 1 aromatic heterocycles. The molecule has 0 saturated heterocycles. The summed E-state index contributed by atoms with van der Waals surface area (Å²) in [5.74, 6) is 1.21. The summed E-state index contributed by atoms with van der Waals surface area (Å²) < 4.78 is 15.4. The van der Waals surface area contributed by atoms with Crippen LogP contribution in [0.5, 0.6) is 11.6 Å². The molecule has 0 spiro atoms. The predicted octanol–water partition coefficient (Wildman–Crippen LogP) is 3.31. The van der Waals surface area contributed by atoms with Gasteiger partial charge in [0.15, 0.2) is 6.61 Å². The van der Waals surface area contributed by atoms with Crippen LogP contribution < -0.4 is 14.8 Å². The van der Waals surface area contributed by atoms with Gasteiger partial charge in [-0.25, -0.2) is 0 Å². The number of nitrogens with zero attached hydrogens (tertiary/aromatic N) is 1. The number of amides is 1. The summed E-state index contributed by atoms with van der Waals surface area (Å²) in [7, 11) is 1.57. The second-order valence-electron chi connectivity index (χ2n) is 6.28. The van der Waals surface area contributed by atoms with Crippen LogP contribution in [0.15, 0.2) is 28.8 Å². The minimum absolute atomic E-state index is 0.0273. The van der Waals surface area contributed by atoms with Crippen molar-refractivity contribution in [3.8, 4) is 11.6 Å². The number of hydrogen-bond donors (Lipinski definition) is 1. The molecule has 0 radical (unpaired) electrons. The van der Waals surface area contributed by atoms with E-state index < -0.39 is 0 Å². The van der Waals surface area contributed by atoms with E-state index in [0.717, 1.165) is 5.56 Å². The maximum Gasteiger partial charge on any atom is 0.262 e. The van der Waals surface area contributed by atoms with Crippen LogP contribution in [0.3, 0.4) is 0 Å². The van der Waals surface area contributed by atoms with Crippen LogP contribution in [0.25, 0.3) is 0 Å². The first-order valence-corrected chi connectivity index (χ1v) is 7.34. The Bertz CT molecular complexity index is 686. The van der Waals surface area contributed by atoms with Crippen molar-refractivity contribution in [1.82, 2.24) is 5.16 Å². The van der Waals surface area contributed by atoms with Crippen molar-refractivity contribution in [2.24, 2.45) is 0 Å². The zero-order valence-electron chi connectivity index (χ0n) is 14.1. The number of aryl methyl sites for hydroxylation is 1. The van der Waals surface area contributed by atoms with Crippen LogP contribution in [-0.2, 0) is 10.2 Å². The van der Waals surface area contributed by atoms with Gasteiger partial charge in [-0.1, -0.05) is 26.8 Å². The Hall–Kier alpha value is -2.50. The lowest BCUT2D eigenvalue weighted by Crippen LogP contribution is -2.21. The molecular weight excluding hydrogens is 296 g/mol. The lowest BCUT2D eigenvalue weighted by Gasteiger charge is -2.21. The van der Waals surface area contributed by atoms with Crippen molar-refractivity contribution in [1.29, 1.82) is 0 Å². The van der Waals surface area contributed by atoms with Crippen molar-refractivity contribution in [2.75, 3.05) is 19.0 Å². The Balaban J connectivity index is 2.06. The minimum Gasteiger partial charge on any atom is -0.495 e. The second-order valence-corrected chi connectivity index (χ2v) is 6.28. The van der Waals surface area contributed by atoms with E-state index in [1.807, 2.05) is 18.2 Å². The van der Waals surface area contributed by atoms with E-state index in [1.54, 1.807) is 20.1 Å². The Labute approximate surface area is 135 Å². The molecule has 124 valence electrons. The van der Waals surface area contributed by atoms with E-state index in [-0.39, 0.29) is 23.8 Å². The highest BCUT2D eigenvalue weighted by atomic mass is 16.5. The lowest BCUT2D eigenvalue weighted by atomic mass is 9.87. The highest BCUT2D eigenvalue weighted by molar-refractivity contribution is 5.93. The largest absolute Gasteiger partial charge is 0.495 e. The molecule has 0 atom stereocenters. The third-order valence-electron chi connectivity index (χ3n) is 3.30. The predicted molar refractivity (Wildman–Crippen MR) is 87.1 cm³/mol. The monoisotopic (exact) mass is 318 g/mol. The first-order chi connectivity index (χ1) is 10.8. The Morgan fingerprint density at radius 2 is 2.04 bits per heavy atom. The Kier molecular flexibility index (Phi) is 4.93. The molecule has 1 heterocycles. The van der Waals surface area contributed by atoms with Crippen molar-refractivity contribution in [3.63, 3.8) is 0 Å². The highest BCUT2D eigenvalue weighted by Gasteiger charge is 2.17. The molecule has 1 N–H and O–H groups in total. The van der Waals surface area contributed by atoms with Gasteiger partial charge in [-0.15, -0.1) is 0 Å². The van der Waals surface area contributed by atoms with Crippen molar-refractivity contribution in [2.45, 2.75) is 33.1 Å². The van der Waals surface area contributed by atoms with E-state index in [1.165, 1.54) is 0 Å². The van der Waals surface area contributed by atoms with Gasteiger partial charge in [0, 0.05) is 6.07 Å². The number of hydrogen-bond acceptors (Lipinski definition) is 5. The lowest BCUT2D eigenvalue weighted by molar-refractivity contribution is -0.118. The third kappa shape index (κ3) is 4.48. The molecule has 0 bridgehead atoms. The maximum atomic E-state index is 12.1. The molecule has 1 aromatic carbocycles. The van der Waals surface area contributed by atoms with E-state index in [9.17, 15) is 4.79 Å². The molecule has 0 saturated carbocycles. The molecule has 0 aliphatic heterocycles. The maximum absolute atomic E-state index is 12.1. The average molecular weight is 318 g/mol. The van der Waals surface area contributed by atoms with Gasteiger partial charge in [-0.05, 0) is 35.2 Å². The van der Waals surface area contributed by atoms with Gasteiger partial charge in [0.1, 0.15) is 11.5 Å². The fourth-order valence-electron chi connectivity index (χ4n) is 2.01. The topological polar surface area (TPSA) is 73.6 Å². The van der Waals surface area contributed by atoms with Crippen molar-refractivity contribution < 1.29 is 18.8 Å². The van der Waals surface area contributed by atoms with Crippen LogP contribution in [0.4, 0.5) is 5.69 Å². The van der Waals surface area contributed by atoms with Gasteiger partial charge in [0.25, 0.3) is 11.8 Å². The van der Waals surface area contributed by atoms with Crippen molar-refractivity contribution in [3.05, 3.63) is 35.6 Å². The number of methoxy groups -OCH3 is 1.